The molecule has 3 nitrogen and oxygen atoms in total. The molecule has 0 aliphatic heterocycles. The molecule has 0 spiro atoms. The monoisotopic (exact) mass is 247 g/mol. The highest BCUT2D eigenvalue weighted by atomic mass is 35.5. The third kappa shape index (κ3) is 3.01. The number of halogens is 2. The Morgan fingerprint density at radius 2 is 1.93 bits per heavy atom. The van der Waals surface area contributed by atoms with Gasteiger partial charge < -0.3 is 10.4 Å². The summed E-state index contributed by atoms with van der Waals surface area (Å²) in [7, 11) is 0. The van der Waals surface area contributed by atoms with E-state index in [2.05, 4.69) is 5.32 Å². The van der Waals surface area contributed by atoms with Crippen molar-refractivity contribution >= 4 is 29.1 Å². The number of carbonyl (C=O) groups excluding carboxylic acids is 1. The second-order valence-corrected chi connectivity index (χ2v) is 3.86. The van der Waals surface area contributed by atoms with Crippen LogP contribution in [0.25, 0.3) is 0 Å². The van der Waals surface area contributed by atoms with Crippen LogP contribution in [0.1, 0.15) is 23.7 Å². The molecule has 2 N–H and O–H groups in total. The van der Waals surface area contributed by atoms with Crippen molar-refractivity contribution < 1.29 is 9.90 Å². The number of phenols is 1. The minimum absolute atomic E-state index is 0.0733. The molecule has 0 fully saturated rings. The first-order valence-electron chi connectivity index (χ1n) is 4.52. The Hall–Kier alpha value is -0.930. The van der Waals surface area contributed by atoms with Gasteiger partial charge in [-0.15, -0.1) is 0 Å². The number of nitrogens with one attached hydrogen (secondary N) is 1. The summed E-state index contributed by atoms with van der Waals surface area (Å²) < 4.78 is 0. The second-order valence-electron chi connectivity index (χ2n) is 3.04. The van der Waals surface area contributed by atoms with Gasteiger partial charge in [-0.1, -0.05) is 30.1 Å². The minimum atomic E-state index is -0.249. The maximum absolute atomic E-state index is 11.5. The van der Waals surface area contributed by atoms with Crippen LogP contribution in [0.5, 0.6) is 5.75 Å². The maximum Gasteiger partial charge on any atom is 0.251 e. The van der Waals surface area contributed by atoms with Gasteiger partial charge in [-0.25, -0.2) is 0 Å². The van der Waals surface area contributed by atoms with Gasteiger partial charge in [-0.2, -0.15) is 0 Å². The summed E-state index contributed by atoms with van der Waals surface area (Å²) in [6.45, 7) is 2.55. The van der Waals surface area contributed by atoms with E-state index in [4.69, 9.17) is 23.2 Å². The van der Waals surface area contributed by atoms with Crippen LogP contribution in [0, 0.1) is 0 Å². The summed E-state index contributed by atoms with van der Waals surface area (Å²) in [6, 6.07) is 2.77. The molecule has 0 saturated carbocycles. The quantitative estimate of drug-likeness (QED) is 0.864. The largest absolute Gasteiger partial charge is 0.505 e. The Morgan fingerprint density at radius 1 is 1.40 bits per heavy atom. The molecule has 1 aromatic rings. The molecule has 0 unspecified atom stereocenters. The second kappa shape index (κ2) is 5.24. The van der Waals surface area contributed by atoms with E-state index in [1.807, 2.05) is 6.92 Å². The third-order valence-corrected chi connectivity index (χ3v) is 2.39. The molecular weight excluding hydrogens is 237 g/mol. The Morgan fingerprint density at radius 3 is 2.40 bits per heavy atom. The van der Waals surface area contributed by atoms with Crippen LogP contribution in [-0.4, -0.2) is 17.6 Å². The van der Waals surface area contributed by atoms with Gasteiger partial charge in [-0.3, -0.25) is 4.79 Å². The number of amides is 1. The molecule has 0 aliphatic carbocycles. The standard InChI is InChI=1S/C10H11Cl2NO2/c1-2-3-13-10(15)6-4-7(11)9(14)8(12)5-6/h4-5,14H,2-3H2,1H3,(H,13,15). The Kier molecular flexibility index (Phi) is 4.24. The molecule has 15 heavy (non-hydrogen) atoms. The topological polar surface area (TPSA) is 49.3 Å². The zero-order valence-electron chi connectivity index (χ0n) is 8.18. The van der Waals surface area contributed by atoms with E-state index in [9.17, 15) is 9.90 Å². The van der Waals surface area contributed by atoms with E-state index >= 15 is 0 Å². The first-order chi connectivity index (χ1) is 7.06. The lowest BCUT2D eigenvalue weighted by molar-refractivity contribution is 0.0953. The molecule has 0 aliphatic rings. The fraction of sp³-hybridized carbons (Fsp3) is 0.300. The normalized spacial score (nSPS) is 10.1. The van der Waals surface area contributed by atoms with Crippen molar-refractivity contribution in [2.75, 3.05) is 6.54 Å². The summed E-state index contributed by atoms with van der Waals surface area (Å²) in [5, 5.41) is 12.1. The highest BCUT2D eigenvalue weighted by Gasteiger charge is 2.11. The number of hydrogen-bond acceptors (Lipinski definition) is 2. The predicted molar refractivity (Wildman–Crippen MR) is 60.8 cm³/mol. The number of carbonyl (C=O) groups is 1. The van der Waals surface area contributed by atoms with Crippen LogP contribution >= 0.6 is 23.2 Å². The van der Waals surface area contributed by atoms with Gasteiger partial charge >= 0.3 is 0 Å². The van der Waals surface area contributed by atoms with Crippen molar-refractivity contribution in [1.29, 1.82) is 0 Å². The van der Waals surface area contributed by atoms with Gasteiger partial charge in [0.1, 0.15) is 0 Å². The zero-order valence-corrected chi connectivity index (χ0v) is 9.69. The van der Waals surface area contributed by atoms with E-state index in [-0.39, 0.29) is 21.7 Å². The zero-order chi connectivity index (χ0) is 11.4. The van der Waals surface area contributed by atoms with Gasteiger partial charge in [0.15, 0.2) is 5.75 Å². The smallest absolute Gasteiger partial charge is 0.251 e. The SMILES string of the molecule is CCCNC(=O)c1cc(Cl)c(O)c(Cl)c1. The van der Waals surface area contributed by atoms with E-state index in [0.29, 0.717) is 12.1 Å². The molecular formula is C10H11Cl2NO2. The van der Waals surface area contributed by atoms with Crippen molar-refractivity contribution in [3.05, 3.63) is 27.7 Å². The molecule has 0 saturated heterocycles. The molecule has 0 heterocycles. The number of phenolic OH excluding ortho intramolecular Hbond substituents is 1. The summed E-state index contributed by atoms with van der Waals surface area (Å²) in [5.74, 6) is -0.453. The number of hydrogen-bond donors (Lipinski definition) is 2. The van der Waals surface area contributed by atoms with Gasteiger partial charge in [0.2, 0.25) is 0 Å². The van der Waals surface area contributed by atoms with Gasteiger partial charge in [-0.05, 0) is 18.6 Å². The number of benzene rings is 1. The summed E-state index contributed by atoms with van der Waals surface area (Å²) in [6.07, 6.45) is 0.852. The molecule has 0 aromatic heterocycles. The highest BCUT2D eigenvalue weighted by molar-refractivity contribution is 6.37. The van der Waals surface area contributed by atoms with E-state index in [1.165, 1.54) is 12.1 Å². The van der Waals surface area contributed by atoms with Crippen molar-refractivity contribution in [2.24, 2.45) is 0 Å². The van der Waals surface area contributed by atoms with Crippen molar-refractivity contribution in [3.8, 4) is 5.75 Å². The lowest BCUT2D eigenvalue weighted by Crippen LogP contribution is -2.23. The van der Waals surface area contributed by atoms with Crippen LogP contribution < -0.4 is 5.32 Å². The van der Waals surface area contributed by atoms with Crippen molar-refractivity contribution in [1.82, 2.24) is 5.32 Å². The Balaban J connectivity index is 2.91. The highest BCUT2D eigenvalue weighted by Crippen LogP contribution is 2.32. The number of aromatic hydroxyl groups is 1. The molecule has 0 bridgehead atoms. The van der Waals surface area contributed by atoms with Gasteiger partial charge in [0.05, 0.1) is 10.0 Å². The molecule has 1 amide bonds. The van der Waals surface area contributed by atoms with E-state index < -0.39 is 0 Å². The average molecular weight is 248 g/mol. The molecule has 82 valence electrons. The van der Waals surface area contributed by atoms with Crippen LogP contribution in [0.2, 0.25) is 10.0 Å². The molecule has 0 atom stereocenters. The Bertz CT molecular complexity index is 357. The fourth-order valence-corrected chi connectivity index (χ4v) is 1.52. The van der Waals surface area contributed by atoms with Crippen LogP contribution in [-0.2, 0) is 0 Å². The minimum Gasteiger partial charge on any atom is -0.505 e. The molecule has 1 aromatic carbocycles. The van der Waals surface area contributed by atoms with Gasteiger partial charge in [0, 0.05) is 12.1 Å². The third-order valence-electron chi connectivity index (χ3n) is 1.81. The van der Waals surface area contributed by atoms with Crippen LogP contribution in [0.4, 0.5) is 0 Å². The summed E-state index contributed by atoms with van der Waals surface area (Å²) in [5.41, 5.74) is 0.344. The van der Waals surface area contributed by atoms with Crippen molar-refractivity contribution in [2.45, 2.75) is 13.3 Å². The predicted octanol–water partition coefficient (Wildman–Crippen LogP) is 2.84. The first kappa shape index (κ1) is 12.1. The lowest BCUT2D eigenvalue weighted by atomic mass is 10.2. The van der Waals surface area contributed by atoms with Crippen molar-refractivity contribution in [3.63, 3.8) is 0 Å². The number of rotatable bonds is 3. The van der Waals surface area contributed by atoms with E-state index in [0.717, 1.165) is 6.42 Å². The first-order valence-corrected chi connectivity index (χ1v) is 5.28. The van der Waals surface area contributed by atoms with Gasteiger partial charge in [0.25, 0.3) is 5.91 Å². The van der Waals surface area contributed by atoms with Crippen LogP contribution in [0.15, 0.2) is 12.1 Å². The Labute approximate surface area is 98.0 Å². The molecule has 1 rings (SSSR count). The molecule has 5 heteroatoms. The summed E-state index contributed by atoms with van der Waals surface area (Å²) in [4.78, 5) is 11.5. The lowest BCUT2D eigenvalue weighted by Gasteiger charge is -2.06. The molecule has 0 radical (unpaired) electrons. The average Bonchev–Trinajstić information content (AvgIpc) is 2.21. The fourth-order valence-electron chi connectivity index (χ4n) is 1.04. The van der Waals surface area contributed by atoms with E-state index in [1.54, 1.807) is 0 Å². The summed E-state index contributed by atoms with van der Waals surface area (Å²) >= 11 is 11.4. The maximum atomic E-state index is 11.5. The van der Waals surface area contributed by atoms with Crippen LogP contribution in [0.3, 0.4) is 0 Å².